The SMILES string of the molecule is CCC(C)N(CC(=O)O)C(=O)C1C2CCCCC21. The maximum atomic E-state index is 12.5. The number of amides is 1. The standard InChI is InChI=1S/C14H23NO3/c1-3-9(2)15(8-12(16)17)14(18)13-10-6-4-5-7-11(10)13/h9-11,13H,3-8H2,1-2H3,(H,16,17). The third-order valence-corrected chi connectivity index (χ3v) is 4.65. The van der Waals surface area contributed by atoms with Crippen LogP contribution in [0.25, 0.3) is 0 Å². The van der Waals surface area contributed by atoms with Crippen molar-refractivity contribution in [2.45, 2.75) is 52.0 Å². The predicted molar refractivity (Wildman–Crippen MR) is 68.0 cm³/mol. The minimum atomic E-state index is -0.910. The molecule has 0 heterocycles. The molecule has 0 aliphatic heterocycles. The number of hydrogen-bond acceptors (Lipinski definition) is 2. The number of carboxylic acids is 1. The summed E-state index contributed by atoms with van der Waals surface area (Å²) in [5.41, 5.74) is 0. The third kappa shape index (κ3) is 2.52. The van der Waals surface area contributed by atoms with Gasteiger partial charge in [0.25, 0.3) is 0 Å². The van der Waals surface area contributed by atoms with Crippen LogP contribution in [0.3, 0.4) is 0 Å². The van der Waals surface area contributed by atoms with Gasteiger partial charge in [-0.1, -0.05) is 19.8 Å². The number of rotatable bonds is 5. The molecule has 2 aliphatic rings. The maximum absolute atomic E-state index is 12.5. The Morgan fingerprint density at radius 3 is 2.28 bits per heavy atom. The largest absolute Gasteiger partial charge is 0.480 e. The molecule has 0 aromatic carbocycles. The van der Waals surface area contributed by atoms with Gasteiger partial charge in [-0.15, -0.1) is 0 Å². The molecule has 3 atom stereocenters. The van der Waals surface area contributed by atoms with Crippen molar-refractivity contribution in [3.63, 3.8) is 0 Å². The Bertz CT molecular complexity index is 330. The lowest BCUT2D eigenvalue weighted by atomic mass is 10.0. The Hall–Kier alpha value is -1.06. The van der Waals surface area contributed by atoms with Crippen LogP contribution in [-0.2, 0) is 9.59 Å². The molecule has 2 fully saturated rings. The van der Waals surface area contributed by atoms with Crippen molar-refractivity contribution in [2.75, 3.05) is 6.54 Å². The van der Waals surface area contributed by atoms with E-state index in [1.165, 1.54) is 12.8 Å². The minimum absolute atomic E-state index is 0.0243. The summed E-state index contributed by atoms with van der Waals surface area (Å²) in [7, 11) is 0. The summed E-state index contributed by atoms with van der Waals surface area (Å²) in [6, 6.07) is 0.0243. The van der Waals surface area contributed by atoms with Gasteiger partial charge in [-0.25, -0.2) is 0 Å². The van der Waals surface area contributed by atoms with Crippen LogP contribution in [0, 0.1) is 17.8 Å². The predicted octanol–water partition coefficient (Wildman–Crippen LogP) is 2.13. The number of carboxylic acid groups (broad SMARTS) is 1. The summed E-state index contributed by atoms with van der Waals surface area (Å²) in [5, 5.41) is 8.94. The Kier molecular flexibility index (Phi) is 3.93. The Morgan fingerprint density at radius 1 is 1.28 bits per heavy atom. The van der Waals surface area contributed by atoms with Crippen LogP contribution in [0.5, 0.6) is 0 Å². The molecule has 2 aliphatic carbocycles. The summed E-state index contributed by atoms with van der Waals surface area (Å²) < 4.78 is 0. The molecule has 0 aromatic rings. The van der Waals surface area contributed by atoms with Gasteiger partial charge in [-0.05, 0) is 38.0 Å². The summed E-state index contributed by atoms with van der Waals surface area (Å²) in [4.78, 5) is 24.9. The van der Waals surface area contributed by atoms with Gasteiger partial charge in [-0.2, -0.15) is 0 Å². The van der Waals surface area contributed by atoms with E-state index >= 15 is 0 Å². The third-order valence-electron chi connectivity index (χ3n) is 4.65. The van der Waals surface area contributed by atoms with E-state index < -0.39 is 5.97 Å². The van der Waals surface area contributed by atoms with E-state index in [4.69, 9.17) is 5.11 Å². The van der Waals surface area contributed by atoms with Crippen molar-refractivity contribution in [2.24, 2.45) is 17.8 Å². The first kappa shape index (κ1) is 13.4. The van der Waals surface area contributed by atoms with Gasteiger partial charge in [-0.3, -0.25) is 9.59 Å². The van der Waals surface area contributed by atoms with E-state index in [1.54, 1.807) is 4.90 Å². The van der Waals surface area contributed by atoms with Crippen LogP contribution >= 0.6 is 0 Å². The molecule has 0 aromatic heterocycles. The summed E-state index contributed by atoms with van der Waals surface area (Å²) in [5.74, 6) is 0.398. The Morgan fingerprint density at radius 2 is 1.83 bits per heavy atom. The fraction of sp³-hybridized carbons (Fsp3) is 0.857. The molecule has 4 nitrogen and oxygen atoms in total. The van der Waals surface area contributed by atoms with Crippen molar-refractivity contribution in [1.82, 2.24) is 4.90 Å². The highest BCUT2D eigenvalue weighted by Gasteiger charge is 2.56. The molecule has 4 heteroatoms. The van der Waals surface area contributed by atoms with Crippen molar-refractivity contribution in [1.29, 1.82) is 0 Å². The topological polar surface area (TPSA) is 57.6 Å². The fourth-order valence-corrected chi connectivity index (χ4v) is 3.37. The number of carbonyl (C=O) groups excluding carboxylic acids is 1. The lowest BCUT2D eigenvalue weighted by molar-refractivity contribution is -0.147. The molecule has 2 rings (SSSR count). The molecule has 2 saturated carbocycles. The highest BCUT2D eigenvalue weighted by atomic mass is 16.4. The molecular weight excluding hydrogens is 230 g/mol. The number of fused-ring (bicyclic) bond motifs is 1. The van der Waals surface area contributed by atoms with Crippen molar-refractivity contribution in [3.8, 4) is 0 Å². The van der Waals surface area contributed by atoms with Crippen molar-refractivity contribution < 1.29 is 14.7 Å². The summed E-state index contributed by atoms with van der Waals surface area (Å²) in [6.45, 7) is 3.78. The Balaban J connectivity index is 2.02. The average Bonchev–Trinajstić information content (AvgIpc) is 3.08. The number of aliphatic carboxylic acids is 1. The molecule has 0 spiro atoms. The van der Waals surface area contributed by atoms with Crippen LogP contribution < -0.4 is 0 Å². The van der Waals surface area contributed by atoms with Crippen molar-refractivity contribution >= 4 is 11.9 Å². The highest BCUT2D eigenvalue weighted by molar-refractivity contribution is 5.86. The zero-order valence-electron chi connectivity index (χ0n) is 11.3. The fourth-order valence-electron chi connectivity index (χ4n) is 3.37. The molecular formula is C14H23NO3. The number of hydrogen-bond donors (Lipinski definition) is 1. The Labute approximate surface area is 108 Å². The van der Waals surface area contributed by atoms with E-state index in [0.717, 1.165) is 19.3 Å². The molecule has 1 amide bonds. The van der Waals surface area contributed by atoms with Crippen LogP contribution in [0.1, 0.15) is 46.0 Å². The average molecular weight is 253 g/mol. The molecule has 0 bridgehead atoms. The lowest BCUT2D eigenvalue weighted by Gasteiger charge is -2.27. The van der Waals surface area contributed by atoms with E-state index in [9.17, 15) is 9.59 Å². The molecule has 0 saturated heterocycles. The molecule has 18 heavy (non-hydrogen) atoms. The lowest BCUT2D eigenvalue weighted by Crippen LogP contribution is -2.43. The quantitative estimate of drug-likeness (QED) is 0.816. The van der Waals surface area contributed by atoms with Gasteiger partial charge in [0, 0.05) is 12.0 Å². The summed E-state index contributed by atoms with van der Waals surface area (Å²) in [6.07, 6.45) is 5.58. The normalized spacial score (nSPS) is 31.3. The minimum Gasteiger partial charge on any atom is -0.480 e. The zero-order valence-corrected chi connectivity index (χ0v) is 11.3. The van der Waals surface area contributed by atoms with E-state index in [2.05, 4.69) is 0 Å². The van der Waals surface area contributed by atoms with Crippen LogP contribution in [-0.4, -0.2) is 34.5 Å². The first-order valence-electron chi connectivity index (χ1n) is 7.08. The van der Waals surface area contributed by atoms with E-state index in [0.29, 0.717) is 11.8 Å². The van der Waals surface area contributed by atoms with Gasteiger partial charge >= 0.3 is 5.97 Å². The molecule has 0 radical (unpaired) electrons. The highest BCUT2D eigenvalue weighted by Crippen LogP contribution is 2.56. The van der Waals surface area contributed by atoms with Gasteiger partial charge in [0.1, 0.15) is 6.54 Å². The zero-order chi connectivity index (χ0) is 13.3. The van der Waals surface area contributed by atoms with E-state index in [-0.39, 0.29) is 24.4 Å². The van der Waals surface area contributed by atoms with Gasteiger partial charge < -0.3 is 10.0 Å². The first-order valence-corrected chi connectivity index (χ1v) is 7.08. The molecule has 1 N–H and O–H groups in total. The van der Waals surface area contributed by atoms with E-state index in [1.807, 2.05) is 13.8 Å². The maximum Gasteiger partial charge on any atom is 0.323 e. The second kappa shape index (κ2) is 5.29. The van der Waals surface area contributed by atoms with Crippen LogP contribution in [0.15, 0.2) is 0 Å². The van der Waals surface area contributed by atoms with Gasteiger partial charge in [0.05, 0.1) is 0 Å². The summed E-state index contributed by atoms with van der Waals surface area (Å²) >= 11 is 0. The molecule has 3 unspecified atom stereocenters. The van der Waals surface area contributed by atoms with Crippen molar-refractivity contribution in [3.05, 3.63) is 0 Å². The number of carbonyl (C=O) groups is 2. The second-order valence-corrected chi connectivity index (χ2v) is 5.76. The first-order chi connectivity index (χ1) is 8.56. The second-order valence-electron chi connectivity index (χ2n) is 5.76. The number of nitrogens with zero attached hydrogens (tertiary/aromatic N) is 1. The van der Waals surface area contributed by atoms with Crippen LogP contribution in [0.4, 0.5) is 0 Å². The van der Waals surface area contributed by atoms with Gasteiger partial charge in [0.2, 0.25) is 5.91 Å². The van der Waals surface area contributed by atoms with Crippen LogP contribution in [0.2, 0.25) is 0 Å². The smallest absolute Gasteiger partial charge is 0.323 e. The monoisotopic (exact) mass is 253 g/mol. The van der Waals surface area contributed by atoms with Gasteiger partial charge in [0.15, 0.2) is 0 Å². The molecule has 102 valence electrons.